The van der Waals surface area contributed by atoms with E-state index >= 15 is 0 Å². The van der Waals surface area contributed by atoms with E-state index in [0.717, 1.165) is 6.42 Å². The first kappa shape index (κ1) is 19.2. The molecule has 1 aromatic heterocycles. The second-order valence-corrected chi connectivity index (χ2v) is 14.1. The fraction of sp³-hybridized carbons (Fsp3) is 0.625. The SMILES string of the molecule is Cc1cc[nH]c1CCCCCCCCCC=C[Si](Cl)(Cl)Cl. The van der Waals surface area contributed by atoms with Gasteiger partial charge in [-0.15, -0.1) is 33.2 Å². The number of halogens is 3. The number of allylic oxidation sites excluding steroid dienone is 1. The average Bonchev–Trinajstić information content (AvgIpc) is 2.80. The van der Waals surface area contributed by atoms with Crippen LogP contribution in [0.1, 0.15) is 62.6 Å². The van der Waals surface area contributed by atoms with E-state index in [-0.39, 0.29) is 0 Å². The van der Waals surface area contributed by atoms with Crippen molar-refractivity contribution >= 4 is 39.2 Å². The van der Waals surface area contributed by atoms with Gasteiger partial charge in [0.2, 0.25) is 0 Å². The van der Waals surface area contributed by atoms with Crippen LogP contribution >= 0.6 is 33.2 Å². The molecular formula is C16H26Cl3NSi. The lowest BCUT2D eigenvalue weighted by Crippen LogP contribution is -2.02. The van der Waals surface area contributed by atoms with Crippen LogP contribution in [0.4, 0.5) is 0 Å². The molecule has 0 fully saturated rings. The van der Waals surface area contributed by atoms with Gasteiger partial charge in [-0.3, -0.25) is 0 Å². The normalized spacial score (nSPS) is 12.4. The first-order valence-electron chi connectivity index (χ1n) is 7.86. The molecule has 1 aromatic rings. The van der Waals surface area contributed by atoms with E-state index in [9.17, 15) is 0 Å². The van der Waals surface area contributed by atoms with Crippen LogP contribution in [0.5, 0.6) is 0 Å². The number of unbranched alkanes of at least 4 members (excludes halogenated alkanes) is 7. The number of aryl methyl sites for hydroxylation is 2. The topological polar surface area (TPSA) is 15.8 Å². The summed E-state index contributed by atoms with van der Waals surface area (Å²) in [5, 5.41) is 0. The first-order valence-corrected chi connectivity index (χ1v) is 13.0. The lowest BCUT2D eigenvalue weighted by molar-refractivity contribution is 0.579. The van der Waals surface area contributed by atoms with E-state index < -0.39 is 6.00 Å². The van der Waals surface area contributed by atoms with Gasteiger partial charge < -0.3 is 4.98 Å². The van der Waals surface area contributed by atoms with Gasteiger partial charge in [-0.25, -0.2) is 0 Å². The molecule has 1 rings (SSSR count). The van der Waals surface area contributed by atoms with Crippen LogP contribution in [0.3, 0.4) is 0 Å². The van der Waals surface area contributed by atoms with Gasteiger partial charge in [-0.1, -0.05) is 43.9 Å². The van der Waals surface area contributed by atoms with Crippen LogP contribution in [0.15, 0.2) is 24.0 Å². The zero-order chi connectivity index (χ0) is 15.6. The Morgan fingerprint density at radius 2 is 1.62 bits per heavy atom. The molecule has 0 aliphatic carbocycles. The monoisotopic (exact) mass is 365 g/mol. The van der Waals surface area contributed by atoms with Crippen LogP contribution in [0.2, 0.25) is 0 Å². The predicted octanol–water partition coefficient (Wildman–Crippen LogP) is 6.74. The molecule has 0 aliphatic heterocycles. The maximum atomic E-state index is 5.77. The Hall–Kier alpha value is 0.107. The molecule has 0 aliphatic rings. The Balaban J connectivity index is 1.87. The van der Waals surface area contributed by atoms with Crippen LogP contribution in [0, 0.1) is 6.92 Å². The van der Waals surface area contributed by atoms with E-state index in [1.165, 1.54) is 62.6 Å². The Morgan fingerprint density at radius 3 is 2.19 bits per heavy atom. The number of H-pyrrole nitrogens is 1. The third kappa shape index (κ3) is 10.5. The molecule has 0 aromatic carbocycles. The van der Waals surface area contributed by atoms with Gasteiger partial charge in [-0.2, -0.15) is 0 Å². The van der Waals surface area contributed by atoms with Gasteiger partial charge in [0.1, 0.15) is 0 Å². The van der Waals surface area contributed by atoms with E-state index in [0.29, 0.717) is 0 Å². The molecule has 1 heterocycles. The Bertz CT molecular complexity index is 410. The molecule has 5 heteroatoms. The van der Waals surface area contributed by atoms with Crippen LogP contribution < -0.4 is 0 Å². The van der Waals surface area contributed by atoms with Crippen LogP contribution in [-0.2, 0) is 6.42 Å². The van der Waals surface area contributed by atoms with E-state index in [2.05, 4.69) is 18.0 Å². The molecule has 0 saturated carbocycles. The quantitative estimate of drug-likeness (QED) is 0.253. The van der Waals surface area contributed by atoms with Crippen molar-refractivity contribution in [2.24, 2.45) is 0 Å². The van der Waals surface area contributed by atoms with Crippen LogP contribution in [-0.4, -0.2) is 11.0 Å². The molecule has 21 heavy (non-hydrogen) atoms. The highest BCUT2D eigenvalue weighted by Gasteiger charge is 2.19. The predicted molar refractivity (Wildman–Crippen MR) is 98.6 cm³/mol. The van der Waals surface area contributed by atoms with Gasteiger partial charge in [0, 0.05) is 11.9 Å². The van der Waals surface area contributed by atoms with Gasteiger partial charge >= 0.3 is 6.00 Å². The van der Waals surface area contributed by atoms with Crippen molar-refractivity contribution in [2.75, 3.05) is 0 Å². The van der Waals surface area contributed by atoms with E-state index in [1.807, 2.05) is 12.3 Å². The fourth-order valence-electron chi connectivity index (χ4n) is 2.42. The second-order valence-electron chi connectivity index (χ2n) is 5.60. The van der Waals surface area contributed by atoms with Gasteiger partial charge in [0.25, 0.3) is 0 Å². The molecule has 1 N–H and O–H groups in total. The van der Waals surface area contributed by atoms with Crippen molar-refractivity contribution in [2.45, 2.75) is 64.7 Å². The van der Waals surface area contributed by atoms with E-state index in [1.54, 1.807) is 5.70 Å². The summed E-state index contributed by atoms with van der Waals surface area (Å²) < 4.78 is 0. The van der Waals surface area contributed by atoms with Crippen molar-refractivity contribution < 1.29 is 0 Å². The lowest BCUT2D eigenvalue weighted by atomic mass is 10.1. The van der Waals surface area contributed by atoms with Crippen molar-refractivity contribution in [1.29, 1.82) is 0 Å². The van der Waals surface area contributed by atoms with Crippen molar-refractivity contribution in [3.8, 4) is 0 Å². The molecule has 120 valence electrons. The zero-order valence-corrected chi connectivity index (χ0v) is 16.1. The second kappa shape index (κ2) is 10.8. The molecular weight excluding hydrogens is 341 g/mol. The summed E-state index contributed by atoms with van der Waals surface area (Å²) >= 11 is 17.3. The Labute approximate surface area is 144 Å². The molecule has 0 spiro atoms. The minimum Gasteiger partial charge on any atom is -0.365 e. The Morgan fingerprint density at radius 1 is 1.00 bits per heavy atom. The van der Waals surface area contributed by atoms with Crippen molar-refractivity contribution in [3.63, 3.8) is 0 Å². The highest BCUT2D eigenvalue weighted by Crippen LogP contribution is 2.21. The molecule has 0 saturated heterocycles. The summed E-state index contributed by atoms with van der Waals surface area (Å²) in [6.07, 6.45) is 15.4. The van der Waals surface area contributed by atoms with Gasteiger partial charge in [-0.05, 0) is 44.2 Å². The molecule has 1 nitrogen and oxygen atoms in total. The maximum Gasteiger partial charge on any atom is 0.365 e. The summed E-state index contributed by atoms with van der Waals surface area (Å²) in [6.45, 7) is 2.17. The standard InChI is InChI=1S/C16H26Cl3NSi/c1-15-12-13-20-16(15)11-9-7-5-3-2-4-6-8-10-14-21(17,18)19/h10,12-14,20H,2-9,11H2,1H3. The van der Waals surface area contributed by atoms with Gasteiger partial charge in [0.15, 0.2) is 0 Å². The number of rotatable bonds is 11. The van der Waals surface area contributed by atoms with Crippen molar-refractivity contribution in [3.05, 3.63) is 35.3 Å². The third-order valence-corrected chi connectivity index (χ3v) is 5.42. The summed E-state index contributed by atoms with van der Waals surface area (Å²) in [5.41, 5.74) is 4.57. The molecule has 0 amide bonds. The molecule has 0 atom stereocenters. The zero-order valence-electron chi connectivity index (χ0n) is 12.8. The fourth-order valence-corrected chi connectivity index (χ4v) is 3.65. The summed E-state index contributed by atoms with van der Waals surface area (Å²) in [7, 11) is 0. The van der Waals surface area contributed by atoms with Gasteiger partial charge in [0.05, 0.1) is 0 Å². The Kier molecular flexibility index (Phi) is 9.82. The number of aromatic nitrogens is 1. The first-order chi connectivity index (χ1) is 9.99. The molecule has 0 bridgehead atoms. The smallest absolute Gasteiger partial charge is 0.365 e. The lowest BCUT2D eigenvalue weighted by Gasteiger charge is -2.02. The van der Waals surface area contributed by atoms with Crippen molar-refractivity contribution in [1.82, 2.24) is 4.98 Å². The average molecular weight is 367 g/mol. The highest BCUT2D eigenvalue weighted by molar-refractivity contribution is 7.66. The number of aromatic amines is 1. The summed E-state index contributed by atoms with van der Waals surface area (Å²) in [6, 6.07) is -0.393. The van der Waals surface area contributed by atoms with Crippen LogP contribution in [0.25, 0.3) is 0 Å². The van der Waals surface area contributed by atoms with E-state index in [4.69, 9.17) is 33.2 Å². The number of hydrogen-bond donors (Lipinski definition) is 1. The number of hydrogen-bond acceptors (Lipinski definition) is 0. The number of nitrogens with one attached hydrogen (secondary N) is 1. The summed E-state index contributed by atoms with van der Waals surface area (Å²) in [4.78, 5) is 3.31. The maximum absolute atomic E-state index is 5.77. The largest absolute Gasteiger partial charge is 0.365 e. The minimum atomic E-state index is -2.54. The third-order valence-electron chi connectivity index (χ3n) is 3.67. The molecule has 0 unspecified atom stereocenters. The minimum absolute atomic E-state index is 1.03. The molecule has 0 radical (unpaired) electrons. The summed E-state index contributed by atoms with van der Waals surface area (Å²) in [5.74, 6) is 0. The highest BCUT2D eigenvalue weighted by atomic mass is 35.8.